The maximum absolute atomic E-state index is 5.31. The first-order valence-corrected chi connectivity index (χ1v) is 19.8. The molecular weight excluding hydrogens is 699 g/mol. The van der Waals surface area contributed by atoms with E-state index in [9.17, 15) is 0 Å². The van der Waals surface area contributed by atoms with Crippen LogP contribution in [0.4, 0.5) is 0 Å². The normalized spacial score (nSPS) is 13.1. The Morgan fingerprint density at radius 3 is 1.38 bits per heavy atom. The van der Waals surface area contributed by atoms with E-state index in [0.717, 1.165) is 44.8 Å². The van der Waals surface area contributed by atoms with Crippen LogP contribution in [-0.2, 0) is 5.41 Å². The molecule has 2 heterocycles. The zero-order chi connectivity index (χ0) is 37.1. The number of benzene rings is 8. The van der Waals surface area contributed by atoms with Gasteiger partial charge in [0.05, 0.1) is 5.41 Å². The average Bonchev–Trinajstić information content (AvgIpc) is 3.58. The summed E-state index contributed by atoms with van der Waals surface area (Å²) >= 11 is 1.87. The van der Waals surface area contributed by atoms with Crippen LogP contribution in [0.15, 0.2) is 210 Å². The van der Waals surface area contributed by atoms with E-state index in [4.69, 9.17) is 15.2 Å². The van der Waals surface area contributed by atoms with Gasteiger partial charge < -0.3 is 0 Å². The lowest BCUT2D eigenvalue weighted by Gasteiger charge is -2.40. The third kappa shape index (κ3) is 4.89. The molecular formula is C52H33N3S. The second-order valence-electron chi connectivity index (χ2n) is 14.3. The Kier molecular flexibility index (Phi) is 7.64. The van der Waals surface area contributed by atoms with Crippen molar-refractivity contribution in [2.75, 3.05) is 0 Å². The smallest absolute Gasteiger partial charge is 0.182 e. The van der Waals surface area contributed by atoms with Crippen molar-refractivity contribution in [2.24, 2.45) is 0 Å². The molecule has 1 spiro atoms. The van der Waals surface area contributed by atoms with Crippen LogP contribution in [0.2, 0.25) is 0 Å². The van der Waals surface area contributed by atoms with Crippen LogP contribution >= 0.6 is 11.8 Å². The molecule has 2 aliphatic rings. The summed E-state index contributed by atoms with van der Waals surface area (Å²) < 4.78 is 0. The van der Waals surface area contributed by atoms with Crippen molar-refractivity contribution in [1.82, 2.24) is 15.2 Å². The molecule has 4 heteroatoms. The molecule has 0 saturated heterocycles. The summed E-state index contributed by atoms with van der Waals surface area (Å²) in [7, 11) is 0. The van der Waals surface area contributed by atoms with Gasteiger partial charge in [0.25, 0.3) is 0 Å². The Bertz CT molecular complexity index is 2910. The molecule has 1 aliphatic heterocycles. The summed E-state index contributed by atoms with van der Waals surface area (Å²) in [4.78, 5) is 7.89. The highest BCUT2D eigenvalue weighted by Gasteiger charge is 2.51. The van der Waals surface area contributed by atoms with Gasteiger partial charge in [-0.05, 0) is 67.8 Å². The lowest BCUT2D eigenvalue weighted by Crippen LogP contribution is -2.32. The molecule has 0 amide bonds. The maximum Gasteiger partial charge on any atom is 0.182 e. The van der Waals surface area contributed by atoms with Gasteiger partial charge in [0.15, 0.2) is 5.82 Å². The van der Waals surface area contributed by atoms with E-state index < -0.39 is 5.41 Å². The van der Waals surface area contributed by atoms with Gasteiger partial charge in [-0.2, -0.15) is 0 Å². The number of hydrogen-bond donors (Lipinski definition) is 0. The fraction of sp³-hybridized carbons (Fsp3) is 0.0192. The van der Waals surface area contributed by atoms with Gasteiger partial charge in [-0.15, -0.1) is 10.2 Å². The molecule has 0 radical (unpaired) electrons. The fourth-order valence-corrected chi connectivity index (χ4v) is 10.2. The van der Waals surface area contributed by atoms with Gasteiger partial charge in [-0.1, -0.05) is 200 Å². The maximum atomic E-state index is 5.31. The zero-order valence-corrected chi connectivity index (χ0v) is 31.1. The molecule has 0 fully saturated rings. The van der Waals surface area contributed by atoms with E-state index in [-0.39, 0.29) is 0 Å². The number of nitrogens with zero attached hydrogens (tertiary/aromatic N) is 3. The monoisotopic (exact) mass is 731 g/mol. The Hall–Kier alpha value is -6.88. The van der Waals surface area contributed by atoms with E-state index in [1.54, 1.807) is 0 Å². The van der Waals surface area contributed by atoms with Gasteiger partial charge in [0, 0.05) is 26.5 Å². The molecule has 1 aliphatic carbocycles. The lowest BCUT2D eigenvalue weighted by molar-refractivity contribution is 0.724. The third-order valence-corrected chi connectivity index (χ3v) is 12.5. The highest BCUT2D eigenvalue weighted by Crippen LogP contribution is 2.64. The summed E-state index contributed by atoms with van der Waals surface area (Å²) in [5, 5.41) is 9.71. The van der Waals surface area contributed by atoms with Gasteiger partial charge >= 0.3 is 0 Å². The molecule has 9 aromatic rings. The van der Waals surface area contributed by atoms with E-state index in [1.807, 2.05) is 48.2 Å². The minimum absolute atomic E-state index is 0.502. The Morgan fingerprint density at radius 1 is 0.321 bits per heavy atom. The standard InChI is InChI=1S/C52H33N3S/c1-3-18-34(19-4-1)49-50(35-20-5-2-6-21-35)54-55-51(53-49)42-26-10-9-24-38(42)36-22-7-8-23-37(36)40-27-17-28-41-39-25-11-12-29-43(39)52(48(40)41)44-30-13-15-32-46(44)56-47-33-16-14-31-45(47)52/h1-33H. The average molecular weight is 732 g/mol. The molecule has 1 aromatic heterocycles. The summed E-state index contributed by atoms with van der Waals surface area (Å²) in [6.45, 7) is 0. The van der Waals surface area contributed by atoms with Crippen LogP contribution in [0.25, 0.3) is 67.3 Å². The second-order valence-corrected chi connectivity index (χ2v) is 15.4. The van der Waals surface area contributed by atoms with Gasteiger partial charge in [0.1, 0.15) is 11.4 Å². The van der Waals surface area contributed by atoms with Crippen molar-refractivity contribution in [2.45, 2.75) is 15.2 Å². The van der Waals surface area contributed by atoms with Crippen molar-refractivity contribution in [3.05, 3.63) is 222 Å². The van der Waals surface area contributed by atoms with Crippen LogP contribution in [0.1, 0.15) is 22.3 Å². The van der Waals surface area contributed by atoms with Crippen molar-refractivity contribution in [1.29, 1.82) is 0 Å². The van der Waals surface area contributed by atoms with Gasteiger partial charge in [-0.25, -0.2) is 4.98 Å². The molecule has 0 unspecified atom stereocenters. The third-order valence-electron chi connectivity index (χ3n) is 11.3. The van der Waals surface area contributed by atoms with Crippen LogP contribution in [0.5, 0.6) is 0 Å². The molecule has 0 saturated carbocycles. The highest BCUT2D eigenvalue weighted by atomic mass is 32.2. The fourth-order valence-electron chi connectivity index (χ4n) is 9.03. The number of hydrogen-bond acceptors (Lipinski definition) is 4. The zero-order valence-electron chi connectivity index (χ0n) is 30.3. The topological polar surface area (TPSA) is 38.7 Å². The predicted octanol–water partition coefficient (Wildman–Crippen LogP) is 13.0. The Morgan fingerprint density at radius 2 is 0.750 bits per heavy atom. The van der Waals surface area contributed by atoms with Gasteiger partial charge in [0.2, 0.25) is 0 Å². The molecule has 3 nitrogen and oxygen atoms in total. The van der Waals surface area contributed by atoms with Crippen LogP contribution < -0.4 is 0 Å². The minimum atomic E-state index is -0.502. The predicted molar refractivity (Wildman–Crippen MR) is 228 cm³/mol. The first-order chi connectivity index (χ1) is 27.8. The van der Waals surface area contributed by atoms with Crippen molar-refractivity contribution < 1.29 is 0 Å². The summed E-state index contributed by atoms with van der Waals surface area (Å²) in [5.74, 6) is 0.586. The van der Waals surface area contributed by atoms with Crippen molar-refractivity contribution in [3.63, 3.8) is 0 Å². The first-order valence-electron chi connectivity index (χ1n) is 19.0. The molecule has 262 valence electrons. The lowest BCUT2D eigenvalue weighted by atomic mass is 9.65. The van der Waals surface area contributed by atoms with Crippen LogP contribution in [0, 0.1) is 0 Å². The van der Waals surface area contributed by atoms with E-state index >= 15 is 0 Å². The van der Waals surface area contributed by atoms with Gasteiger partial charge in [-0.3, -0.25) is 0 Å². The van der Waals surface area contributed by atoms with E-state index in [2.05, 4.69) is 164 Å². The molecule has 56 heavy (non-hydrogen) atoms. The number of aromatic nitrogens is 3. The SMILES string of the molecule is c1ccc(-c2nnc(-c3ccccc3-c3ccccc3-c3cccc4c3C3(c5ccccc5Sc5ccccc53)c3ccccc3-4)nc2-c2ccccc2)cc1. The first kappa shape index (κ1) is 32.5. The molecule has 11 rings (SSSR count). The van der Waals surface area contributed by atoms with Crippen LogP contribution in [0.3, 0.4) is 0 Å². The largest absolute Gasteiger partial charge is 0.224 e. The molecule has 0 bridgehead atoms. The molecule has 0 atom stereocenters. The van der Waals surface area contributed by atoms with E-state index in [1.165, 1.54) is 48.7 Å². The Labute approximate surface area is 330 Å². The second kappa shape index (κ2) is 13.2. The van der Waals surface area contributed by atoms with E-state index in [0.29, 0.717) is 5.82 Å². The van der Waals surface area contributed by atoms with Crippen LogP contribution in [-0.4, -0.2) is 15.2 Å². The van der Waals surface area contributed by atoms with Crippen molar-refractivity contribution in [3.8, 4) is 67.3 Å². The molecule has 0 N–H and O–H groups in total. The number of rotatable bonds is 5. The Balaban J connectivity index is 1.16. The minimum Gasteiger partial charge on any atom is -0.224 e. The highest BCUT2D eigenvalue weighted by molar-refractivity contribution is 7.99. The molecule has 8 aromatic carbocycles. The number of fused-ring (bicyclic) bond motifs is 9. The summed E-state index contributed by atoms with van der Waals surface area (Å²) in [6.07, 6.45) is 0. The van der Waals surface area contributed by atoms with Crippen molar-refractivity contribution >= 4 is 11.8 Å². The summed E-state index contributed by atoms with van der Waals surface area (Å²) in [5.41, 5.74) is 16.4. The summed E-state index contributed by atoms with van der Waals surface area (Å²) in [6, 6.07) is 71.7. The quantitative estimate of drug-likeness (QED) is 0.177.